The molecule has 2 nitrogen and oxygen atoms in total. The van der Waals surface area contributed by atoms with Crippen molar-refractivity contribution < 1.29 is 0 Å². The summed E-state index contributed by atoms with van der Waals surface area (Å²) in [6, 6.07) is 31.5. The molecule has 1 heterocycles. The smallest absolute Gasteiger partial charge is 0.0958 e. The van der Waals surface area contributed by atoms with Crippen LogP contribution < -0.4 is 10.4 Å². The fraction of sp³-hybridized carbons (Fsp3) is 0.0435. The number of benzene rings is 3. The molecule has 1 N–H and O–H groups in total. The quantitative estimate of drug-likeness (QED) is 0.696. The molecule has 1 aliphatic rings. The fourth-order valence-electron chi connectivity index (χ4n) is 3.04. The first kappa shape index (κ1) is 15.3. The van der Waals surface area contributed by atoms with Crippen molar-refractivity contribution >= 4 is 11.8 Å². The van der Waals surface area contributed by atoms with E-state index in [0.29, 0.717) is 0 Å². The zero-order valence-corrected chi connectivity index (χ0v) is 13.9. The van der Waals surface area contributed by atoms with Crippen molar-refractivity contribution in [1.82, 2.24) is 5.43 Å². The molecule has 0 radical (unpaired) electrons. The summed E-state index contributed by atoms with van der Waals surface area (Å²) < 4.78 is 0. The maximum absolute atomic E-state index is 3.53. The molecular weight excluding hydrogens is 304 g/mol. The highest BCUT2D eigenvalue weighted by Gasteiger charge is 2.25. The maximum atomic E-state index is 3.53. The van der Waals surface area contributed by atoms with E-state index in [1.54, 1.807) is 0 Å². The Morgan fingerprint density at radius 2 is 1.28 bits per heavy atom. The first-order valence-corrected chi connectivity index (χ1v) is 8.51. The molecule has 3 aromatic rings. The number of para-hydroxylation sites is 1. The van der Waals surface area contributed by atoms with E-state index in [1.807, 2.05) is 12.1 Å². The van der Waals surface area contributed by atoms with Crippen LogP contribution >= 0.6 is 0 Å². The van der Waals surface area contributed by atoms with Crippen molar-refractivity contribution in [3.8, 4) is 0 Å². The molecule has 25 heavy (non-hydrogen) atoms. The van der Waals surface area contributed by atoms with Crippen LogP contribution in [0.15, 0.2) is 109 Å². The Bertz CT molecular complexity index is 868. The van der Waals surface area contributed by atoms with Gasteiger partial charge < -0.3 is 0 Å². The second kappa shape index (κ2) is 7.10. The van der Waals surface area contributed by atoms with Gasteiger partial charge in [0, 0.05) is 0 Å². The zero-order chi connectivity index (χ0) is 16.9. The molecule has 1 atom stereocenters. The summed E-state index contributed by atoms with van der Waals surface area (Å²) in [7, 11) is 0. The van der Waals surface area contributed by atoms with Crippen LogP contribution in [0.3, 0.4) is 0 Å². The van der Waals surface area contributed by atoms with Gasteiger partial charge in [-0.05, 0) is 35.4 Å². The Labute approximate surface area is 148 Å². The Hall–Kier alpha value is -3.26. The summed E-state index contributed by atoms with van der Waals surface area (Å²) >= 11 is 0. The van der Waals surface area contributed by atoms with Gasteiger partial charge in [0.05, 0.1) is 17.4 Å². The van der Waals surface area contributed by atoms with Crippen LogP contribution in [0.25, 0.3) is 6.08 Å². The molecular formula is C23H20N2. The second-order valence-electron chi connectivity index (χ2n) is 6.04. The van der Waals surface area contributed by atoms with Crippen LogP contribution in [-0.4, -0.2) is 0 Å². The minimum absolute atomic E-state index is 0.166. The number of hydrogen-bond acceptors (Lipinski definition) is 2. The monoisotopic (exact) mass is 324 g/mol. The van der Waals surface area contributed by atoms with Gasteiger partial charge in [-0.25, -0.2) is 0 Å². The number of allylic oxidation sites excluding steroid dienone is 1. The molecule has 2 heteroatoms. The number of anilines is 1. The molecule has 0 unspecified atom stereocenters. The van der Waals surface area contributed by atoms with Crippen LogP contribution in [-0.2, 0) is 0 Å². The first-order chi connectivity index (χ1) is 12.4. The van der Waals surface area contributed by atoms with Crippen molar-refractivity contribution in [2.45, 2.75) is 6.04 Å². The SMILES string of the molecule is C(=Cc1ccccc1)C1=C[C@H](c2ccccc2)N(c2ccccc2)N1. The third-order valence-corrected chi connectivity index (χ3v) is 4.30. The Kier molecular flexibility index (Phi) is 4.34. The van der Waals surface area contributed by atoms with Crippen molar-refractivity contribution in [2.75, 3.05) is 5.01 Å². The van der Waals surface area contributed by atoms with Crippen LogP contribution in [0.1, 0.15) is 17.2 Å². The third-order valence-electron chi connectivity index (χ3n) is 4.30. The molecule has 0 amide bonds. The van der Waals surface area contributed by atoms with Crippen molar-refractivity contribution in [1.29, 1.82) is 0 Å². The van der Waals surface area contributed by atoms with Gasteiger partial charge in [-0.3, -0.25) is 10.4 Å². The summed E-state index contributed by atoms with van der Waals surface area (Å²) in [6.45, 7) is 0. The summed E-state index contributed by atoms with van der Waals surface area (Å²) in [4.78, 5) is 0. The van der Waals surface area contributed by atoms with Gasteiger partial charge in [-0.15, -0.1) is 0 Å². The highest BCUT2D eigenvalue weighted by Crippen LogP contribution is 2.32. The molecule has 0 saturated heterocycles. The fourth-order valence-corrected chi connectivity index (χ4v) is 3.04. The molecule has 0 bridgehead atoms. The average Bonchev–Trinajstić information content (AvgIpc) is 3.13. The van der Waals surface area contributed by atoms with Crippen LogP contribution in [0.2, 0.25) is 0 Å². The number of hydrazine groups is 1. The van der Waals surface area contributed by atoms with Gasteiger partial charge >= 0.3 is 0 Å². The molecule has 0 aromatic heterocycles. The zero-order valence-electron chi connectivity index (χ0n) is 13.9. The Morgan fingerprint density at radius 1 is 0.680 bits per heavy atom. The van der Waals surface area contributed by atoms with Crippen LogP contribution in [0.5, 0.6) is 0 Å². The van der Waals surface area contributed by atoms with Gasteiger partial charge in [0.2, 0.25) is 0 Å². The highest BCUT2D eigenvalue weighted by atomic mass is 15.5. The highest BCUT2D eigenvalue weighted by molar-refractivity contribution is 5.57. The van der Waals surface area contributed by atoms with Crippen molar-refractivity contribution in [2.24, 2.45) is 0 Å². The summed E-state index contributed by atoms with van der Waals surface area (Å²) in [5, 5.41) is 2.21. The lowest BCUT2D eigenvalue weighted by atomic mass is 10.1. The number of nitrogens with zero attached hydrogens (tertiary/aromatic N) is 1. The minimum Gasteiger partial charge on any atom is -0.298 e. The maximum Gasteiger partial charge on any atom is 0.0958 e. The van der Waals surface area contributed by atoms with E-state index in [4.69, 9.17) is 0 Å². The van der Waals surface area contributed by atoms with E-state index in [1.165, 1.54) is 11.1 Å². The summed E-state index contributed by atoms with van der Waals surface area (Å²) in [5.41, 5.74) is 8.24. The number of hydrogen-bond donors (Lipinski definition) is 1. The van der Waals surface area contributed by atoms with Crippen LogP contribution in [0, 0.1) is 0 Å². The lowest BCUT2D eigenvalue weighted by molar-refractivity contribution is 0.710. The van der Waals surface area contributed by atoms with E-state index < -0.39 is 0 Å². The Balaban J connectivity index is 1.64. The molecule has 0 aliphatic carbocycles. The minimum atomic E-state index is 0.166. The van der Waals surface area contributed by atoms with E-state index in [0.717, 1.165) is 11.4 Å². The summed E-state index contributed by atoms with van der Waals surface area (Å²) in [5.74, 6) is 0. The largest absolute Gasteiger partial charge is 0.298 e. The third kappa shape index (κ3) is 3.48. The molecule has 0 spiro atoms. The molecule has 0 saturated carbocycles. The second-order valence-corrected chi connectivity index (χ2v) is 6.04. The molecule has 0 fully saturated rings. The lowest BCUT2D eigenvalue weighted by Crippen LogP contribution is -2.33. The molecule has 1 aliphatic heterocycles. The van der Waals surface area contributed by atoms with Gasteiger partial charge in [-0.2, -0.15) is 0 Å². The summed E-state index contributed by atoms with van der Waals surface area (Å²) in [6.07, 6.45) is 6.53. The van der Waals surface area contributed by atoms with Crippen molar-refractivity contribution in [3.05, 3.63) is 120 Å². The van der Waals surface area contributed by atoms with E-state index in [9.17, 15) is 0 Å². The number of rotatable bonds is 4. The van der Waals surface area contributed by atoms with E-state index in [2.05, 4.69) is 108 Å². The predicted molar refractivity (Wildman–Crippen MR) is 105 cm³/mol. The van der Waals surface area contributed by atoms with E-state index in [-0.39, 0.29) is 6.04 Å². The normalized spacial score (nSPS) is 16.7. The Morgan fingerprint density at radius 3 is 1.96 bits per heavy atom. The standard InChI is InChI=1S/C23H20N2/c1-4-10-19(11-5-1)16-17-21-18-23(20-12-6-2-7-13-20)25(24-21)22-14-8-3-9-15-22/h1-18,23-24H/t23-/m1/s1. The first-order valence-electron chi connectivity index (χ1n) is 8.51. The van der Waals surface area contributed by atoms with Gasteiger partial charge in [0.1, 0.15) is 0 Å². The van der Waals surface area contributed by atoms with Crippen LogP contribution in [0.4, 0.5) is 5.69 Å². The van der Waals surface area contributed by atoms with Gasteiger partial charge in [0.15, 0.2) is 0 Å². The van der Waals surface area contributed by atoms with Crippen molar-refractivity contribution in [3.63, 3.8) is 0 Å². The van der Waals surface area contributed by atoms with Gasteiger partial charge in [-0.1, -0.05) is 84.9 Å². The predicted octanol–water partition coefficient (Wildman–Crippen LogP) is 5.35. The lowest BCUT2D eigenvalue weighted by Gasteiger charge is -2.27. The number of nitrogens with one attached hydrogen (secondary N) is 1. The van der Waals surface area contributed by atoms with Gasteiger partial charge in [0.25, 0.3) is 0 Å². The molecule has 4 rings (SSSR count). The van der Waals surface area contributed by atoms with E-state index >= 15 is 0 Å². The molecule has 122 valence electrons. The molecule has 3 aromatic carbocycles. The topological polar surface area (TPSA) is 15.3 Å². The average molecular weight is 324 g/mol.